The fourth-order valence-corrected chi connectivity index (χ4v) is 4.48. The fraction of sp³-hybridized carbons (Fsp3) is 0.250. The van der Waals surface area contributed by atoms with Crippen molar-refractivity contribution < 1.29 is 9.59 Å². The Hall–Kier alpha value is -2.60. The van der Waals surface area contributed by atoms with Gasteiger partial charge in [0, 0.05) is 35.4 Å². The summed E-state index contributed by atoms with van der Waals surface area (Å²) in [5, 5.41) is 8.97. The predicted octanol–water partition coefficient (Wildman–Crippen LogP) is 3.90. The maximum Gasteiger partial charge on any atom is 0.248 e. The van der Waals surface area contributed by atoms with Crippen molar-refractivity contribution >= 4 is 40.7 Å². The highest BCUT2D eigenvalue weighted by Crippen LogP contribution is 2.36. The lowest BCUT2D eigenvalue weighted by molar-refractivity contribution is -0.119. The first kappa shape index (κ1) is 16.8. The van der Waals surface area contributed by atoms with Crippen LogP contribution in [0.1, 0.15) is 25.3 Å². The average Bonchev–Trinajstić information content (AvgIpc) is 2.80. The highest BCUT2D eigenvalue weighted by atomic mass is 32.2. The Labute approximate surface area is 156 Å². The number of amides is 2. The normalized spacial score (nSPS) is 19.1. The van der Waals surface area contributed by atoms with Gasteiger partial charge in [-0.05, 0) is 42.5 Å². The Bertz CT molecular complexity index is 892. The summed E-state index contributed by atoms with van der Waals surface area (Å²) >= 11 is 1.83. The van der Waals surface area contributed by atoms with Crippen molar-refractivity contribution in [2.75, 3.05) is 16.1 Å². The number of thioether (sulfide) groups is 1. The summed E-state index contributed by atoms with van der Waals surface area (Å²) in [6, 6.07) is 15.5. The molecule has 0 radical (unpaired) electrons. The van der Waals surface area contributed by atoms with Crippen LogP contribution in [-0.4, -0.2) is 23.3 Å². The number of nitrogens with one attached hydrogen (secondary N) is 1. The number of hydrogen-bond donors (Lipinski definition) is 1. The van der Waals surface area contributed by atoms with E-state index in [1.54, 1.807) is 12.1 Å². The van der Waals surface area contributed by atoms with Gasteiger partial charge in [-0.15, -0.1) is 11.8 Å². The lowest BCUT2D eigenvalue weighted by Crippen LogP contribution is -2.37. The Morgan fingerprint density at radius 3 is 2.73 bits per heavy atom. The third-order valence-electron chi connectivity index (χ3n) is 4.57. The molecule has 0 aromatic heterocycles. The second-order valence-corrected chi connectivity index (χ2v) is 7.59. The van der Waals surface area contributed by atoms with Crippen LogP contribution in [0.2, 0.25) is 0 Å². The fourth-order valence-electron chi connectivity index (χ4n) is 3.36. The zero-order chi connectivity index (χ0) is 18.1. The molecule has 2 aliphatic rings. The summed E-state index contributed by atoms with van der Waals surface area (Å²) < 4.78 is 0. The number of carbonyl (C=O) groups is 2. The number of carbonyl (C=O) groups excluding carboxylic acids is 2. The summed E-state index contributed by atoms with van der Waals surface area (Å²) in [6.07, 6.45) is 1.43. The SMILES string of the molecule is CC(=O)Nc1ccc(N2N=C3c4ccccc4SCCC3CC2=O)cc1. The Balaban J connectivity index is 1.71. The molecule has 1 N–H and O–H groups in total. The number of hydrazone groups is 1. The molecule has 6 heteroatoms. The van der Waals surface area contributed by atoms with Crippen LogP contribution in [0.4, 0.5) is 11.4 Å². The molecular formula is C20H19N3O2S. The monoisotopic (exact) mass is 365 g/mol. The minimum atomic E-state index is -0.123. The molecule has 0 aliphatic carbocycles. The van der Waals surface area contributed by atoms with E-state index in [0.29, 0.717) is 17.8 Å². The third-order valence-corrected chi connectivity index (χ3v) is 5.68. The summed E-state index contributed by atoms with van der Waals surface area (Å²) in [4.78, 5) is 25.1. The molecule has 2 amide bonds. The Morgan fingerprint density at radius 2 is 1.96 bits per heavy atom. The van der Waals surface area contributed by atoms with Crippen LogP contribution in [0.15, 0.2) is 58.5 Å². The smallest absolute Gasteiger partial charge is 0.248 e. The minimum Gasteiger partial charge on any atom is -0.326 e. The number of hydrogen-bond acceptors (Lipinski definition) is 4. The number of rotatable bonds is 2. The summed E-state index contributed by atoms with van der Waals surface area (Å²) in [6.45, 7) is 1.47. The van der Waals surface area contributed by atoms with E-state index < -0.39 is 0 Å². The second-order valence-electron chi connectivity index (χ2n) is 6.45. The number of fused-ring (bicyclic) bond motifs is 3. The van der Waals surface area contributed by atoms with Gasteiger partial charge in [0.25, 0.3) is 0 Å². The molecule has 0 saturated carbocycles. The van der Waals surface area contributed by atoms with Gasteiger partial charge >= 0.3 is 0 Å². The van der Waals surface area contributed by atoms with Gasteiger partial charge < -0.3 is 5.32 Å². The molecule has 2 aromatic carbocycles. The molecule has 2 aliphatic heterocycles. The first-order valence-electron chi connectivity index (χ1n) is 8.63. The molecule has 4 rings (SSSR count). The van der Waals surface area contributed by atoms with Gasteiger partial charge in [-0.25, -0.2) is 5.01 Å². The van der Waals surface area contributed by atoms with Crippen molar-refractivity contribution in [2.24, 2.45) is 11.0 Å². The molecule has 0 fully saturated rings. The summed E-state index contributed by atoms with van der Waals surface area (Å²) in [7, 11) is 0. The van der Waals surface area contributed by atoms with Crippen LogP contribution in [0.5, 0.6) is 0 Å². The van der Waals surface area contributed by atoms with Crippen LogP contribution in [0, 0.1) is 5.92 Å². The molecule has 1 unspecified atom stereocenters. The minimum absolute atomic E-state index is 0.00964. The molecule has 2 aromatic rings. The highest BCUT2D eigenvalue weighted by Gasteiger charge is 2.33. The molecule has 132 valence electrons. The quantitative estimate of drug-likeness (QED) is 0.878. The van der Waals surface area contributed by atoms with Crippen molar-refractivity contribution in [2.45, 2.75) is 24.7 Å². The number of benzene rings is 2. The lowest BCUT2D eigenvalue weighted by Gasteiger charge is -2.29. The summed E-state index contributed by atoms with van der Waals surface area (Å²) in [5.74, 6) is 1.06. The van der Waals surface area contributed by atoms with E-state index in [-0.39, 0.29) is 17.7 Å². The van der Waals surface area contributed by atoms with E-state index in [1.165, 1.54) is 16.8 Å². The standard InChI is InChI=1S/C20H19N3O2S/c1-13(24)21-15-6-8-16(9-7-15)23-19(25)12-14-10-11-26-18-5-3-2-4-17(18)20(14)22-23/h2-9,14H,10-12H2,1H3,(H,21,24). The van der Waals surface area contributed by atoms with Crippen molar-refractivity contribution in [1.29, 1.82) is 0 Å². The van der Waals surface area contributed by atoms with Crippen LogP contribution in [0.25, 0.3) is 0 Å². The van der Waals surface area contributed by atoms with Crippen molar-refractivity contribution in [1.82, 2.24) is 0 Å². The van der Waals surface area contributed by atoms with Gasteiger partial charge in [0.15, 0.2) is 0 Å². The average molecular weight is 365 g/mol. The molecule has 26 heavy (non-hydrogen) atoms. The van der Waals surface area contributed by atoms with E-state index >= 15 is 0 Å². The van der Waals surface area contributed by atoms with E-state index in [4.69, 9.17) is 5.10 Å². The van der Waals surface area contributed by atoms with Gasteiger partial charge in [0.1, 0.15) is 0 Å². The van der Waals surface area contributed by atoms with Crippen LogP contribution in [0.3, 0.4) is 0 Å². The van der Waals surface area contributed by atoms with Crippen molar-refractivity contribution in [3.05, 3.63) is 54.1 Å². The number of anilines is 2. The van der Waals surface area contributed by atoms with E-state index in [9.17, 15) is 9.59 Å². The van der Waals surface area contributed by atoms with Crippen LogP contribution in [-0.2, 0) is 9.59 Å². The van der Waals surface area contributed by atoms with Gasteiger partial charge in [-0.1, -0.05) is 18.2 Å². The molecule has 5 nitrogen and oxygen atoms in total. The first-order valence-corrected chi connectivity index (χ1v) is 9.61. The lowest BCUT2D eigenvalue weighted by atomic mass is 9.90. The van der Waals surface area contributed by atoms with Crippen molar-refractivity contribution in [3.8, 4) is 0 Å². The van der Waals surface area contributed by atoms with Gasteiger partial charge in [0.2, 0.25) is 11.8 Å². The zero-order valence-electron chi connectivity index (χ0n) is 14.4. The molecular weight excluding hydrogens is 346 g/mol. The topological polar surface area (TPSA) is 61.8 Å². The largest absolute Gasteiger partial charge is 0.326 e. The molecule has 0 spiro atoms. The molecule has 0 bridgehead atoms. The van der Waals surface area contributed by atoms with E-state index in [1.807, 2.05) is 36.0 Å². The van der Waals surface area contributed by atoms with Crippen LogP contribution >= 0.6 is 11.8 Å². The van der Waals surface area contributed by atoms with Gasteiger partial charge in [-0.3, -0.25) is 9.59 Å². The Kier molecular flexibility index (Phi) is 4.51. The highest BCUT2D eigenvalue weighted by molar-refractivity contribution is 7.99. The first-order chi connectivity index (χ1) is 12.6. The van der Waals surface area contributed by atoms with E-state index in [0.717, 1.165) is 23.4 Å². The van der Waals surface area contributed by atoms with Gasteiger partial charge in [-0.2, -0.15) is 5.10 Å². The molecule has 2 heterocycles. The zero-order valence-corrected chi connectivity index (χ0v) is 15.3. The predicted molar refractivity (Wildman–Crippen MR) is 105 cm³/mol. The third kappa shape index (κ3) is 3.24. The van der Waals surface area contributed by atoms with Crippen LogP contribution < -0.4 is 10.3 Å². The maximum atomic E-state index is 12.7. The summed E-state index contributed by atoms with van der Waals surface area (Å²) in [5.41, 5.74) is 3.54. The molecule has 0 saturated heterocycles. The molecule has 1 atom stereocenters. The second kappa shape index (κ2) is 6.96. The van der Waals surface area contributed by atoms with Crippen molar-refractivity contribution in [3.63, 3.8) is 0 Å². The van der Waals surface area contributed by atoms with Gasteiger partial charge in [0.05, 0.1) is 11.4 Å². The maximum absolute atomic E-state index is 12.7. The number of nitrogens with zero attached hydrogens (tertiary/aromatic N) is 2. The Morgan fingerprint density at radius 1 is 1.19 bits per heavy atom. The van der Waals surface area contributed by atoms with E-state index in [2.05, 4.69) is 17.4 Å².